The van der Waals surface area contributed by atoms with E-state index < -0.39 is 5.41 Å². The summed E-state index contributed by atoms with van der Waals surface area (Å²) in [7, 11) is 3.44. The number of carbonyl (C=O) groups excluding carboxylic acids is 2. The Morgan fingerprint density at radius 3 is 2.08 bits per heavy atom. The molecule has 0 atom stereocenters. The molecule has 0 N–H and O–H groups in total. The van der Waals surface area contributed by atoms with Crippen molar-refractivity contribution >= 4 is 12.0 Å². The summed E-state index contributed by atoms with van der Waals surface area (Å²) in [6.45, 7) is 13.3. The first kappa shape index (κ1) is 22.0. The summed E-state index contributed by atoms with van der Waals surface area (Å²) in [5, 5.41) is 0. The zero-order valence-corrected chi connectivity index (χ0v) is 17.5. The van der Waals surface area contributed by atoms with Crippen LogP contribution in [-0.2, 0) is 21.6 Å². The largest absolute Gasteiger partial charge is 0.445 e. The van der Waals surface area contributed by atoms with Crippen molar-refractivity contribution in [1.82, 2.24) is 9.80 Å². The molecular formula is C21H34N2O3. The molecule has 0 aliphatic rings. The molecule has 0 heterocycles. The monoisotopic (exact) mass is 362 g/mol. The minimum atomic E-state index is -0.425. The number of hydrogen-bond donors (Lipinski definition) is 0. The molecule has 26 heavy (non-hydrogen) atoms. The first-order valence-corrected chi connectivity index (χ1v) is 9.05. The average Bonchev–Trinajstić information content (AvgIpc) is 2.55. The van der Waals surface area contributed by atoms with Crippen LogP contribution < -0.4 is 0 Å². The van der Waals surface area contributed by atoms with Crippen LogP contribution in [0.2, 0.25) is 0 Å². The number of benzene rings is 1. The standard InChI is InChI=1S/C21H34N2O3/c1-20(2,3)17-11-9-10-16(14-17)15-26-19(25)23(8)13-12-22(7)18(24)21(4,5)6/h9-11,14H,12-13,15H2,1-8H3. The Bertz CT molecular complexity index is 627. The van der Waals surface area contributed by atoms with Crippen molar-refractivity contribution < 1.29 is 14.3 Å². The fourth-order valence-corrected chi connectivity index (χ4v) is 2.45. The van der Waals surface area contributed by atoms with Crippen molar-refractivity contribution in [3.8, 4) is 0 Å². The maximum atomic E-state index is 12.2. The molecule has 0 aliphatic heterocycles. The molecule has 2 amide bonds. The van der Waals surface area contributed by atoms with Gasteiger partial charge in [0.05, 0.1) is 0 Å². The molecule has 1 aromatic rings. The third kappa shape index (κ3) is 6.70. The van der Waals surface area contributed by atoms with Crippen LogP contribution in [0.4, 0.5) is 4.79 Å². The van der Waals surface area contributed by atoms with Crippen LogP contribution >= 0.6 is 0 Å². The van der Waals surface area contributed by atoms with Crippen LogP contribution in [0, 0.1) is 5.41 Å². The van der Waals surface area contributed by atoms with Crippen LogP contribution in [0.3, 0.4) is 0 Å². The lowest BCUT2D eigenvalue weighted by atomic mass is 9.86. The fourth-order valence-electron chi connectivity index (χ4n) is 2.45. The molecule has 0 saturated carbocycles. The van der Waals surface area contributed by atoms with E-state index in [1.807, 2.05) is 32.9 Å². The van der Waals surface area contributed by atoms with Gasteiger partial charge >= 0.3 is 6.09 Å². The molecule has 0 aliphatic carbocycles. The first-order valence-electron chi connectivity index (χ1n) is 9.05. The SMILES string of the molecule is CN(CCN(C)C(=O)C(C)(C)C)C(=O)OCc1cccc(C(C)(C)C)c1. The Hall–Kier alpha value is -2.04. The number of nitrogens with zero attached hydrogens (tertiary/aromatic N) is 2. The molecule has 0 fully saturated rings. The van der Waals surface area contributed by atoms with Gasteiger partial charge in [0, 0.05) is 32.6 Å². The first-order chi connectivity index (χ1) is 11.8. The van der Waals surface area contributed by atoms with Gasteiger partial charge in [-0.05, 0) is 16.5 Å². The highest BCUT2D eigenvalue weighted by molar-refractivity contribution is 5.81. The number of hydrogen-bond acceptors (Lipinski definition) is 3. The lowest BCUT2D eigenvalue weighted by Crippen LogP contribution is -2.41. The zero-order valence-electron chi connectivity index (χ0n) is 17.5. The number of ether oxygens (including phenoxy) is 1. The number of likely N-dealkylation sites (N-methyl/N-ethyl adjacent to an activating group) is 2. The summed E-state index contributed by atoms with van der Waals surface area (Å²) in [5.41, 5.74) is 1.81. The van der Waals surface area contributed by atoms with Crippen LogP contribution in [0.5, 0.6) is 0 Å². The smallest absolute Gasteiger partial charge is 0.409 e. The second-order valence-electron chi connectivity index (χ2n) is 8.90. The van der Waals surface area contributed by atoms with Crippen LogP contribution in [-0.4, -0.2) is 49.0 Å². The van der Waals surface area contributed by atoms with Crippen LogP contribution in [0.25, 0.3) is 0 Å². The molecule has 0 saturated heterocycles. The van der Waals surface area contributed by atoms with Crippen LogP contribution in [0.1, 0.15) is 52.7 Å². The summed E-state index contributed by atoms with van der Waals surface area (Å²) in [6, 6.07) is 8.10. The second-order valence-corrected chi connectivity index (χ2v) is 8.90. The molecule has 0 spiro atoms. The Balaban J connectivity index is 2.52. The molecule has 146 valence electrons. The van der Waals surface area contributed by atoms with E-state index in [0.717, 1.165) is 5.56 Å². The molecule has 0 aromatic heterocycles. The predicted octanol–water partition coefficient (Wildman–Crippen LogP) is 4.06. The van der Waals surface area contributed by atoms with Gasteiger partial charge in [0.2, 0.25) is 5.91 Å². The zero-order chi connectivity index (χ0) is 20.1. The minimum Gasteiger partial charge on any atom is -0.445 e. The Kier molecular flexibility index (Phi) is 7.25. The summed E-state index contributed by atoms with van der Waals surface area (Å²) in [6.07, 6.45) is -0.386. The molecule has 5 heteroatoms. The Labute approximate surface area is 158 Å². The molecular weight excluding hydrogens is 328 g/mol. The van der Waals surface area contributed by atoms with Crippen LogP contribution in [0.15, 0.2) is 24.3 Å². The number of rotatable bonds is 5. The van der Waals surface area contributed by atoms with Gasteiger partial charge in [-0.25, -0.2) is 4.79 Å². The molecule has 1 rings (SSSR count). The van der Waals surface area contributed by atoms with Gasteiger partial charge in [-0.1, -0.05) is 65.8 Å². The third-order valence-corrected chi connectivity index (χ3v) is 4.23. The quantitative estimate of drug-likeness (QED) is 0.794. The lowest BCUT2D eigenvalue weighted by Gasteiger charge is -2.27. The number of amides is 2. The van der Waals surface area contributed by atoms with Gasteiger partial charge in [0.15, 0.2) is 0 Å². The second kappa shape index (κ2) is 8.56. The van der Waals surface area contributed by atoms with Gasteiger partial charge in [-0.15, -0.1) is 0 Å². The van der Waals surface area contributed by atoms with Crippen molar-refractivity contribution in [2.75, 3.05) is 27.2 Å². The van der Waals surface area contributed by atoms with Crippen molar-refractivity contribution in [2.24, 2.45) is 5.41 Å². The highest BCUT2D eigenvalue weighted by Gasteiger charge is 2.25. The van der Waals surface area contributed by atoms with E-state index in [1.54, 1.807) is 19.0 Å². The van der Waals surface area contributed by atoms with Crippen molar-refractivity contribution in [1.29, 1.82) is 0 Å². The van der Waals surface area contributed by atoms with E-state index in [2.05, 4.69) is 32.9 Å². The van der Waals surface area contributed by atoms with Crippen molar-refractivity contribution in [2.45, 2.75) is 53.6 Å². The van der Waals surface area contributed by atoms with Gasteiger partial charge < -0.3 is 14.5 Å². The van der Waals surface area contributed by atoms with Gasteiger partial charge in [-0.3, -0.25) is 4.79 Å². The van der Waals surface area contributed by atoms with E-state index in [4.69, 9.17) is 4.74 Å². The normalized spacial score (nSPS) is 11.8. The average molecular weight is 363 g/mol. The van der Waals surface area contributed by atoms with E-state index >= 15 is 0 Å². The summed E-state index contributed by atoms with van der Waals surface area (Å²) in [4.78, 5) is 27.5. The predicted molar refractivity (Wildman–Crippen MR) is 105 cm³/mol. The highest BCUT2D eigenvalue weighted by atomic mass is 16.6. The third-order valence-electron chi connectivity index (χ3n) is 4.23. The van der Waals surface area contributed by atoms with Gasteiger partial charge in [0.25, 0.3) is 0 Å². The molecule has 1 aromatic carbocycles. The van der Waals surface area contributed by atoms with Crippen molar-refractivity contribution in [3.63, 3.8) is 0 Å². The van der Waals surface area contributed by atoms with E-state index in [1.165, 1.54) is 10.5 Å². The molecule has 0 radical (unpaired) electrons. The van der Waals surface area contributed by atoms with E-state index in [9.17, 15) is 9.59 Å². The minimum absolute atomic E-state index is 0.0539. The molecule has 0 bridgehead atoms. The fraction of sp³-hybridized carbons (Fsp3) is 0.619. The Morgan fingerprint density at radius 1 is 0.962 bits per heavy atom. The van der Waals surface area contributed by atoms with Crippen molar-refractivity contribution in [3.05, 3.63) is 35.4 Å². The summed E-state index contributed by atoms with van der Waals surface area (Å²) < 4.78 is 5.40. The highest BCUT2D eigenvalue weighted by Crippen LogP contribution is 2.23. The Morgan fingerprint density at radius 2 is 1.54 bits per heavy atom. The van der Waals surface area contributed by atoms with E-state index in [0.29, 0.717) is 13.1 Å². The summed E-state index contributed by atoms with van der Waals surface area (Å²) in [5.74, 6) is 0.0539. The maximum absolute atomic E-state index is 12.2. The summed E-state index contributed by atoms with van der Waals surface area (Å²) >= 11 is 0. The molecule has 0 unspecified atom stereocenters. The van der Waals surface area contributed by atoms with Gasteiger partial charge in [-0.2, -0.15) is 0 Å². The maximum Gasteiger partial charge on any atom is 0.409 e. The molecule has 5 nitrogen and oxygen atoms in total. The van der Waals surface area contributed by atoms with Gasteiger partial charge in [0.1, 0.15) is 6.61 Å². The number of carbonyl (C=O) groups is 2. The lowest BCUT2D eigenvalue weighted by molar-refractivity contribution is -0.138. The van der Waals surface area contributed by atoms with E-state index in [-0.39, 0.29) is 24.0 Å². The topological polar surface area (TPSA) is 49.9 Å².